The van der Waals surface area contributed by atoms with Crippen molar-refractivity contribution in [3.63, 3.8) is 0 Å². The highest BCUT2D eigenvalue weighted by molar-refractivity contribution is 6.39. The molecule has 0 radical (unpaired) electrons. The quantitative estimate of drug-likeness (QED) is 0.497. The van der Waals surface area contributed by atoms with Gasteiger partial charge >= 0.3 is 18.0 Å². The Balaban J connectivity index is 1.97. The number of hydrazone groups is 1. The summed E-state index contributed by atoms with van der Waals surface area (Å²) in [5.41, 5.74) is 2.28. The zero-order valence-corrected chi connectivity index (χ0v) is 13.8. The molecule has 0 aromatic heterocycles. The Kier molecular flexibility index (Phi) is 6.11. The number of nitrogens with zero attached hydrogens (tertiary/aromatic N) is 1. The van der Waals surface area contributed by atoms with E-state index in [2.05, 4.69) is 10.4 Å². The molecule has 0 saturated heterocycles. The van der Waals surface area contributed by atoms with Crippen LogP contribution in [0.1, 0.15) is 23.6 Å². The summed E-state index contributed by atoms with van der Waals surface area (Å²) in [7, 11) is 0. The fourth-order valence-corrected chi connectivity index (χ4v) is 2.09. The van der Waals surface area contributed by atoms with Crippen LogP contribution in [0.3, 0.4) is 0 Å². The molecule has 5 nitrogen and oxygen atoms in total. The van der Waals surface area contributed by atoms with E-state index in [0.29, 0.717) is 5.69 Å². The molecule has 26 heavy (non-hydrogen) atoms. The number of amides is 2. The standard InChI is InChI=1S/C18H16F3N3O2/c1-2-12-7-9-14(10-8-12)23-16(25)17(26)24-22-11-13-5-3-4-6-15(13)18(19,20)21/h3-11H,2H2,1H3,(H,23,25)(H,24,26). The molecule has 0 aliphatic rings. The molecular weight excluding hydrogens is 347 g/mol. The predicted octanol–water partition coefficient (Wildman–Crippen LogP) is 3.36. The number of hydrogen-bond donors (Lipinski definition) is 2. The molecular formula is C18H16F3N3O2. The fourth-order valence-electron chi connectivity index (χ4n) is 2.09. The minimum absolute atomic E-state index is 0.226. The Labute approximate surface area is 147 Å². The first-order chi connectivity index (χ1) is 12.3. The zero-order chi connectivity index (χ0) is 19.2. The number of aryl methyl sites for hydroxylation is 1. The van der Waals surface area contributed by atoms with Crippen molar-refractivity contribution >= 4 is 23.7 Å². The summed E-state index contributed by atoms with van der Waals surface area (Å²) in [6, 6.07) is 11.7. The van der Waals surface area contributed by atoms with Crippen LogP contribution in [0, 0.1) is 0 Å². The van der Waals surface area contributed by atoms with Gasteiger partial charge in [-0.1, -0.05) is 37.3 Å². The van der Waals surface area contributed by atoms with Crippen LogP contribution < -0.4 is 10.7 Å². The van der Waals surface area contributed by atoms with Crippen LogP contribution in [0.5, 0.6) is 0 Å². The van der Waals surface area contributed by atoms with Crippen LogP contribution in [0.2, 0.25) is 0 Å². The number of anilines is 1. The van der Waals surface area contributed by atoms with Crippen LogP contribution in [0.4, 0.5) is 18.9 Å². The van der Waals surface area contributed by atoms with E-state index < -0.39 is 23.6 Å². The maximum atomic E-state index is 12.8. The zero-order valence-electron chi connectivity index (χ0n) is 13.8. The number of carbonyl (C=O) groups is 2. The van der Waals surface area contributed by atoms with Crippen molar-refractivity contribution in [3.05, 3.63) is 65.2 Å². The molecule has 0 aliphatic heterocycles. The Morgan fingerprint density at radius 1 is 1.04 bits per heavy atom. The number of hydrogen-bond acceptors (Lipinski definition) is 3. The lowest BCUT2D eigenvalue weighted by molar-refractivity contribution is -0.137. The number of alkyl halides is 3. The molecule has 2 rings (SSSR count). The molecule has 2 aromatic carbocycles. The maximum absolute atomic E-state index is 12.8. The molecule has 0 atom stereocenters. The average molecular weight is 363 g/mol. The third kappa shape index (κ3) is 5.17. The number of benzene rings is 2. The van der Waals surface area contributed by atoms with Crippen molar-refractivity contribution in [2.45, 2.75) is 19.5 Å². The SMILES string of the molecule is CCc1ccc(NC(=O)C(=O)NN=Cc2ccccc2C(F)(F)F)cc1. The average Bonchev–Trinajstić information content (AvgIpc) is 2.61. The van der Waals surface area contributed by atoms with Crippen LogP contribution in [0.15, 0.2) is 53.6 Å². The Hall–Kier alpha value is -3.16. The molecule has 0 heterocycles. The molecule has 0 saturated carbocycles. The van der Waals surface area contributed by atoms with E-state index in [0.717, 1.165) is 24.3 Å². The molecule has 8 heteroatoms. The fraction of sp³-hybridized carbons (Fsp3) is 0.167. The van der Waals surface area contributed by atoms with Gasteiger partial charge in [0.1, 0.15) is 0 Å². The Bertz CT molecular complexity index is 815. The van der Waals surface area contributed by atoms with Crippen molar-refractivity contribution in [2.24, 2.45) is 5.10 Å². The second-order valence-corrected chi connectivity index (χ2v) is 5.29. The lowest BCUT2D eigenvalue weighted by Gasteiger charge is -2.09. The number of carbonyl (C=O) groups excluding carboxylic acids is 2. The Morgan fingerprint density at radius 2 is 1.69 bits per heavy atom. The summed E-state index contributed by atoms with van der Waals surface area (Å²) in [6.07, 6.45) is -2.87. The predicted molar refractivity (Wildman–Crippen MR) is 91.6 cm³/mol. The van der Waals surface area contributed by atoms with Gasteiger partial charge in [-0.3, -0.25) is 9.59 Å². The van der Waals surface area contributed by atoms with E-state index >= 15 is 0 Å². The van der Waals surface area contributed by atoms with Gasteiger partial charge in [0, 0.05) is 11.3 Å². The summed E-state index contributed by atoms with van der Waals surface area (Å²) >= 11 is 0. The van der Waals surface area contributed by atoms with E-state index in [1.807, 2.05) is 12.3 Å². The maximum Gasteiger partial charge on any atom is 0.417 e. The van der Waals surface area contributed by atoms with Crippen LogP contribution in [-0.2, 0) is 22.2 Å². The highest BCUT2D eigenvalue weighted by Crippen LogP contribution is 2.30. The van der Waals surface area contributed by atoms with Gasteiger partial charge in [-0.05, 0) is 30.2 Å². The Morgan fingerprint density at radius 3 is 2.31 bits per heavy atom. The van der Waals surface area contributed by atoms with Crippen LogP contribution in [0.25, 0.3) is 0 Å². The summed E-state index contributed by atoms with van der Waals surface area (Å²) in [5, 5.41) is 5.79. The first-order valence-electron chi connectivity index (χ1n) is 7.71. The molecule has 2 amide bonds. The van der Waals surface area contributed by atoms with E-state index in [1.165, 1.54) is 18.2 Å². The van der Waals surface area contributed by atoms with Crippen molar-refractivity contribution < 1.29 is 22.8 Å². The molecule has 0 spiro atoms. The van der Waals surface area contributed by atoms with Gasteiger partial charge < -0.3 is 5.32 Å². The van der Waals surface area contributed by atoms with Gasteiger partial charge in [0.2, 0.25) is 0 Å². The van der Waals surface area contributed by atoms with Gasteiger partial charge in [0.15, 0.2) is 0 Å². The van der Waals surface area contributed by atoms with E-state index in [1.54, 1.807) is 24.3 Å². The van der Waals surface area contributed by atoms with Crippen molar-refractivity contribution in [1.29, 1.82) is 0 Å². The number of halogens is 3. The second-order valence-electron chi connectivity index (χ2n) is 5.29. The van der Waals surface area contributed by atoms with Gasteiger partial charge in [0.05, 0.1) is 11.8 Å². The summed E-state index contributed by atoms with van der Waals surface area (Å²) in [6.45, 7) is 1.98. The lowest BCUT2D eigenvalue weighted by atomic mass is 10.1. The summed E-state index contributed by atoms with van der Waals surface area (Å²) < 4.78 is 38.5. The molecule has 0 fully saturated rings. The molecule has 0 unspecified atom stereocenters. The third-order valence-corrected chi connectivity index (χ3v) is 3.46. The van der Waals surface area contributed by atoms with Crippen LogP contribution in [-0.4, -0.2) is 18.0 Å². The van der Waals surface area contributed by atoms with E-state index in [-0.39, 0.29) is 5.56 Å². The van der Waals surface area contributed by atoms with Gasteiger partial charge in [-0.15, -0.1) is 0 Å². The molecule has 136 valence electrons. The normalized spacial score (nSPS) is 11.4. The van der Waals surface area contributed by atoms with E-state index in [4.69, 9.17) is 0 Å². The first-order valence-corrected chi connectivity index (χ1v) is 7.71. The smallest absolute Gasteiger partial charge is 0.318 e. The van der Waals surface area contributed by atoms with Gasteiger partial charge in [-0.25, -0.2) is 5.43 Å². The van der Waals surface area contributed by atoms with Crippen molar-refractivity contribution in [2.75, 3.05) is 5.32 Å². The van der Waals surface area contributed by atoms with E-state index in [9.17, 15) is 22.8 Å². The highest BCUT2D eigenvalue weighted by Gasteiger charge is 2.32. The topological polar surface area (TPSA) is 70.6 Å². The lowest BCUT2D eigenvalue weighted by Crippen LogP contribution is -2.32. The van der Waals surface area contributed by atoms with Crippen molar-refractivity contribution in [1.82, 2.24) is 5.43 Å². The number of nitrogens with one attached hydrogen (secondary N) is 2. The monoisotopic (exact) mass is 363 g/mol. The van der Waals surface area contributed by atoms with Gasteiger partial charge in [0.25, 0.3) is 0 Å². The minimum Gasteiger partial charge on any atom is -0.318 e. The molecule has 0 aliphatic carbocycles. The van der Waals surface area contributed by atoms with Gasteiger partial charge in [-0.2, -0.15) is 18.3 Å². The molecule has 0 bridgehead atoms. The molecule has 2 aromatic rings. The first kappa shape index (κ1) is 19.2. The number of rotatable bonds is 4. The van der Waals surface area contributed by atoms with Crippen molar-refractivity contribution in [3.8, 4) is 0 Å². The summed E-state index contributed by atoms with van der Waals surface area (Å²) in [5.74, 6) is -2.07. The third-order valence-electron chi connectivity index (χ3n) is 3.46. The minimum atomic E-state index is -4.55. The van der Waals surface area contributed by atoms with Crippen LogP contribution >= 0.6 is 0 Å². The summed E-state index contributed by atoms with van der Waals surface area (Å²) in [4.78, 5) is 23.4. The molecule has 2 N–H and O–H groups in total. The highest BCUT2D eigenvalue weighted by atomic mass is 19.4. The largest absolute Gasteiger partial charge is 0.417 e. The second kappa shape index (κ2) is 8.28.